The molecule has 0 fully saturated rings. The Bertz CT molecular complexity index is 552. The molecule has 0 saturated carbocycles. The van der Waals surface area contributed by atoms with Crippen LogP contribution in [0.2, 0.25) is 0 Å². The van der Waals surface area contributed by atoms with Gasteiger partial charge < -0.3 is 19.4 Å². The van der Waals surface area contributed by atoms with E-state index in [-0.39, 0.29) is 0 Å². The van der Waals surface area contributed by atoms with Crippen molar-refractivity contribution in [2.75, 3.05) is 20.8 Å². The molecule has 2 rings (SSSR count). The van der Waals surface area contributed by atoms with Crippen LogP contribution in [0, 0.1) is 0 Å². The number of rotatable bonds is 7. The van der Waals surface area contributed by atoms with Crippen molar-refractivity contribution in [3.05, 3.63) is 42.0 Å². The Labute approximate surface area is 119 Å². The Hall–Kier alpha value is -2.01. The molecular formula is C15H21N3O2. The molecule has 1 aromatic heterocycles. The fourth-order valence-corrected chi connectivity index (χ4v) is 2.06. The first kappa shape index (κ1) is 14.4. The van der Waals surface area contributed by atoms with Crippen LogP contribution in [0.3, 0.4) is 0 Å². The average Bonchev–Trinajstić information content (AvgIpc) is 2.92. The Kier molecular flexibility index (Phi) is 5.01. The van der Waals surface area contributed by atoms with Crippen LogP contribution in [0.4, 0.5) is 0 Å². The molecule has 1 heterocycles. The van der Waals surface area contributed by atoms with E-state index >= 15 is 0 Å². The van der Waals surface area contributed by atoms with Gasteiger partial charge in [0.2, 0.25) is 0 Å². The Morgan fingerprint density at radius 3 is 2.80 bits per heavy atom. The topological polar surface area (TPSA) is 48.3 Å². The summed E-state index contributed by atoms with van der Waals surface area (Å²) in [5.74, 6) is 1.62. The predicted molar refractivity (Wildman–Crippen MR) is 78.3 cm³/mol. The summed E-state index contributed by atoms with van der Waals surface area (Å²) in [6.07, 6.45) is 3.73. The molecule has 0 aliphatic rings. The van der Waals surface area contributed by atoms with Gasteiger partial charge in [-0.05, 0) is 18.7 Å². The van der Waals surface area contributed by atoms with E-state index < -0.39 is 0 Å². The number of nitrogens with zero attached hydrogens (tertiary/aromatic N) is 2. The highest BCUT2D eigenvalue weighted by Gasteiger charge is 2.08. The maximum Gasteiger partial charge on any atom is 0.127 e. The Morgan fingerprint density at radius 1 is 1.25 bits per heavy atom. The SMILES string of the molecule is CCNCc1cncn1Cc1ccc(OC)cc1OC. The smallest absolute Gasteiger partial charge is 0.127 e. The van der Waals surface area contributed by atoms with Gasteiger partial charge in [0, 0.05) is 24.4 Å². The van der Waals surface area contributed by atoms with Crippen molar-refractivity contribution in [2.45, 2.75) is 20.0 Å². The van der Waals surface area contributed by atoms with E-state index in [0.717, 1.165) is 42.4 Å². The number of nitrogens with one attached hydrogen (secondary N) is 1. The summed E-state index contributed by atoms with van der Waals surface area (Å²) in [6.45, 7) is 4.58. The monoisotopic (exact) mass is 275 g/mol. The number of hydrogen-bond acceptors (Lipinski definition) is 4. The van der Waals surface area contributed by atoms with Gasteiger partial charge in [-0.2, -0.15) is 0 Å². The second-order valence-corrected chi connectivity index (χ2v) is 4.47. The van der Waals surface area contributed by atoms with Crippen molar-refractivity contribution in [1.29, 1.82) is 0 Å². The number of aromatic nitrogens is 2. The van der Waals surface area contributed by atoms with Gasteiger partial charge in [0.05, 0.1) is 32.8 Å². The zero-order chi connectivity index (χ0) is 14.4. The first-order chi connectivity index (χ1) is 9.78. The second kappa shape index (κ2) is 6.96. The molecule has 0 amide bonds. The van der Waals surface area contributed by atoms with Crippen LogP contribution in [0.15, 0.2) is 30.7 Å². The third-order valence-electron chi connectivity index (χ3n) is 3.19. The van der Waals surface area contributed by atoms with Gasteiger partial charge in [0.25, 0.3) is 0 Å². The summed E-state index contributed by atoms with van der Waals surface area (Å²) in [6, 6.07) is 5.86. The number of methoxy groups -OCH3 is 2. The van der Waals surface area contributed by atoms with Crippen LogP contribution in [0.5, 0.6) is 11.5 Å². The Morgan fingerprint density at radius 2 is 2.10 bits per heavy atom. The number of imidazole rings is 1. The standard InChI is InChI=1S/C15H21N3O2/c1-4-16-8-13-9-17-11-18(13)10-12-5-6-14(19-2)7-15(12)20-3/h5-7,9,11,16H,4,8,10H2,1-3H3. The molecule has 0 unspecified atom stereocenters. The quantitative estimate of drug-likeness (QED) is 0.840. The molecule has 108 valence electrons. The maximum atomic E-state index is 5.43. The van der Waals surface area contributed by atoms with E-state index in [0.29, 0.717) is 0 Å². The summed E-state index contributed by atoms with van der Waals surface area (Å²) in [4.78, 5) is 4.22. The molecule has 0 atom stereocenters. The van der Waals surface area contributed by atoms with Crippen molar-refractivity contribution in [3.8, 4) is 11.5 Å². The summed E-state index contributed by atoms with van der Waals surface area (Å²) < 4.78 is 12.8. The zero-order valence-electron chi connectivity index (χ0n) is 12.2. The molecule has 1 aromatic carbocycles. The van der Waals surface area contributed by atoms with Crippen molar-refractivity contribution in [1.82, 2.24) is 14.9 Å². The van der Waals surface area contributed by atoms with E-state index in [1.165, 1.54) is 0 Å². The van der Waals surface area contributed by atoms with Gasteiger partial charge in [0.15, 0.2) is 0 Å². The minimum atomic E-state index is 0.730. The molecule has 1 N–H and O–H groups in total. The molecule has 0 spiro atoms. The minimum Gasteiger partial charge on any atom is -0.497 e. The highest BCUT2D eigenvalue weighted by atomic mass is 16.5. The summed E-state index contributed by atoms with van der Waals surface area (Å²) in [7, 11) is 3.32. The third kappa shape index (κ3) is 3.30. The highest BCUT2D eigenvalue weighted by molar-refractivity contribution is 5.41. The molecule has 0 radical (unpaired) electrons. The third-order valence-corrected chi connectivity index (χ3v) is 3.19. The molecule has 0 saturated heterocycles. The predicted octanol–water partition coefficient (Wildman–Crippen LogP) is 2.06. The largest absolute Gasteiger partial charge is 0.497 e. The fourth-order valence-electron chi connectivity index (χ4n) is 2.06. The van der Waals surface area contributed by atoms with E-state index in [1.54, 1.807) is 14.2 Å². The van der Waals surface area contributed by atoms with Crippen LogP contribution in [-0.2, 0) is 13.1 Å². The lowest BCUT2D eigenvalue weighted by molar-refractivity contribution is 0.390. The zero-order valence-corrected chi connectivity index (χ0v) is 12.2. The molecule has 2 aromatic rings. The first-order valence-corrected chi connectivity index (χ1v) is 6.69. The van der Waals surface area contributed by atoms with Crippen molar-refractivity contribution < 1.29 is 9.47 Å². The van der Waals surface area contributed by atoms with Crippen molar-refractivity contribution in [3.63, 3.8) is 0 Å². The fraction of sp³-hybridized carbons (Fsp3) is 0.400. The molecule has 5 nitrogen and oxygen atoms in total. The van der Waals surface area contributed by atoms with E-state index in [2.05, 4.69) is 21.8 Å². The number of hydrogen-bond donors (Lipinski definition) is 1. The molecule has 5 heteroatoms. The number of ether oxygens (including phenoxy) is 2. The van der Waals surface area contributed by atoms with Gasteiger partial charge >= 0.3 is 0 Å². The van der Waals surface area contributed by atoms with Crippen LogP contribution in [-0.4, -0.2) is 30.3 Å². The molecule has 20 heavy (non-hydrogen) atoms. The van der Waals surface area contributed by atoms with Gasteiger partial charge in [0.1, 0.15) is 11.5 Å². The normalized spacial score (nSPS) is 10.6. The van der Waals surface area contributed by atoms with Crippen molar-refractivity contribution in [2.24, 2.45) is 0 Å². The maximum absolute atomic E-state index is 5.43. The van der Waals surface area contributed by atoms with Gasteiger partial charge in [-0.1, -0.05) is 6.92 Å². The van der Waals surface area contributed by atoms with Crippen LogP contribution < -0.4 is 14.8 Å². The molecule has 0 bridgehead atoms. The average molecular weight is 275 g/mol. The summed E-state index contributed by atoms with van der Waals surface area (Å²) in [5.41, 5.74) is 2.26. The molecule has 0 aliphatic carbocycles. The van der Waals surface area contributed by atoms with E-state index in [9.17, 15) is 0 Å². The lowest BCUT2D eigenvalue weighted by Crippen LogP contribution is -2.15. The molecule has 0 aliphatic heterocycles. The van der Waals surface area contributed by atoms with Crippen molar-refractivity contribution >= 4 is 0 Å². The highest BCUT2D eigenvalue weighted by Crippen LogP contribution is 2.25. The first-order valence-electron chi connectivity index (χ1n) is 6.69. The van der Waals surface area contributed by atoms with Crippen LogP contribution >= 0.6 is 0 Å². The lowest BCUT2D eigenvalue weighted by Gasteiger charge is -2.13. The van der Waals surface area contributed by atoms with Gasteiger partial charge in [-0.3, -0.25) is 0 Å². The van der Waals surface area contributed by atoms with Crippen LogP contribution in [0.1, 0.15) is 18.2 Å². The summed E-state index contributed by atoms with van der Waals surface area (Å²) in [5, 5.41) is 3.31. The second-order valence-electron chi connectivity index (χ2n) is 4.47. The Balaban J connectivity index is 2.19. The number of benzene rings is 1. The van der Waals surface area contributed by atoms with E-state index in [1.807, 2.05) is 30.7 Å². The summed E-state index contributed by atoms with van der Waals surface area (Å²) >= 11 is 0. The van der Waals surface area contributed by atoms with Crippen LogP contribution in [0.25, 0.3) is 0 Å². The van der Waals surface area contributed by atoms with Gasteiger partial charge in [-0.15, -0.1) is 0 Å². The van der Waals surface area contributed by atoms with E-state index in [4.69, 9.17) is 9.47 Å². The minimum absolute atomic E-state index is 0.730. The van der Waals surface area contributed by atoms with Gasteiger partial charge in [-0.25, -0.2) is 4.98 Å². The lowest BCUT2D eigenvalue weighted by atomic mass is 10.2. The molecular weight excluding hydrogens is 254 g/mol.